The maximum atomic E-state index is 4.55. The zero-order valence-corrected chi connectivity index (χ0v) is 14.1. The monoisotopic (exact) mass is 328 g/mol. The number of hydrogen-bond donors (Lipinski definition) is 1. The second-order valence-corrected chi connectivity index (χ2v) is 7.11. The molecule has 3 aromatic heterocycles. The molecule has 1 N–H and O–H groups in total. The van der Waals surface area contributed by atoms with Gasteiger partial charge >= 0.3 is 0 Å². The molecule has 1 aliphatic rings. The highest BCUT2D eigenvalue weighted by molar-refractivity contribution is 7.20. The number of aromatic nitrogens is 4. The van der Waals surface area contributed by atoms with Crippen molar-refractivity contribution in [3.05, 3.63) is 42.0 Å². The Balaban J connectivity index is 1.47. The molecule has 4 rings (SSSR count). The van der Waals surface area contributed by atoms with E-state index >= 15 is 0 Å². The Morgan fingerprint density at radius 3 is 3.13 bits per heavy atom. The number of nitrogens with one attached hydrogen (secondary N) is 1. The molecule has 7 heteroatoms. The summed E-state index contributed by atoms with van der Waals surface area (Å²) in [6.45, 7) is 4.02. The van der Waals surface area contributed by atoms with Crippen molar-refractivity contribution in [2.75, 3.05) is 25.5 Å². The van der Waals surface area contributed by atoms with Gasteiger partial charge in [0.1, 0.15) is 0 Å². The minimum atomic E-state index is 0.419. The van der Waals surface area contributed by atoms with Crippen molar-refractivity contribution in [1.29, 1.82) is 0 Å². The third-order valence-corrected chi connectivity index (χ3v) is 5.36. The van der Waals surface area contributed by atoms with E-state index < -0.39 is 0 Å². The molecule has 3 aromatic rings. The van der Waals surface area contributed by atoms with E-state index in [0.29, 0.717) is 12.0 Å². The Labute approximate surface area is 139 Å². The lowest BCUT2D eigenvalue weighted by Crippen LogP contribution is -2.25. The quantitative estimate of drug-likeness (QED) is 0.798. The summed E-state index contributed by atoms with van der Waals surface area (Å²) >= 11 is 1.60. The molecule has 23 heavy (non-hydrogen) atoms. The van der Waals surface area contributed by atoms with Gasteiger partial charge in [0.25, 0.3) is 0 Å². The number of hydrogen-bond acceptors (Lipinski definition) is 6. The number of pyridine rings is 1. The highest BCUT2D eigenvalue weighted by Crippen LogP contribution is 2.36. The van der Waals surface area contributed by atoms with Crippen molar-refractivity contribution in [3.63, 3.8) is 0 Å². The zero-order valence-electron chi connectivity index (χ0n) is 13.3. The smallest absolute Gasteiger partial charge is 0.214 e. The molecule has 1 aliphatic heterocycles. The Hall–Kier alpha value is -1.99. The molecule has 0 aliphatic carbocycles. The van der Waals surface area contributed by atoms with Crippen LogP contribution in [0, 0.1) is 12.8 Å². The van der Waals surface area contributed by atoms with E-state index in [4.69, 9.17) is 0 Å². The standard InChI is InChI=1S/C16H20N6S/c1-11-10-22-16(19-11)23-15(20-22)18-9-13-5-7-21(2)14(13)12-4-3-6-17-8-12/h3-4,6,8,10,13-14H,5,7,9H2,1-2H3,(H,18,20)/t13-,14-/m0/s1. The van der Waals surface area contributed by atoms with Crippen LogP contribution in [0.3, 0.4) is 0 Å². The number of nitrogens with zero attached hydrogens (tertiary/aromatic N) is 5. The van der Waals surface area contributed by atoms with Crippen LogP contribution in [-0.2, 0) is 0 Å². The Morgan fingerprint density at radius 1 is 1.43 bits per heavy atom. The fraction of sp³-hybridized carbons (Fsp3) is 0.438. The first-order valence-corrected chi connectivity index (χ1v) is 8.69. The number of fused-ring (bicyclic) bond motifs is 1. The van der Waals surface area contributed by atoms with Crippen molar-refractivity contribution < 1.29 is 0 Å². The van der Waals surface area contributed by atoms with Crippen LogP contribution in [0.5, 0.6) is 0 Å². The molecule has 120 valence electrons. The summed E-state index contributed by atoms with van der Waals surface area (Å²) in [6.07, 6.45) is 6.96. The van der Waals surface area contributed by atoms with E-state index in [9.17, 15) is 0 Å². The second-order valence-electron chi connectivity index (χ2n) is 6.16. The molecule has 4 heterocycles. The van der Waals surface area contributed by atoms with Crippen molar-refractivity contribution in [2.24, 2.45) is 5.92 Å². The normalized spacial score (nSPS) is 22.0. The first-order valence-electron chi connectivity index (χ1n) is 7.87. The topological polar surface area (TPSA) is 58.4 Å². The van der Waals surface area contributed by atoms with Gasteiger partial charge < -0.3 is 5.32 Å². The zero-order chi connectivity index (χ0) is 15.8. The van der Waals surface area contributed by atoms with E-state index in [-0.39, 0.29) is 0 Å². The molecule has 1 saturated heterocycles. The predicted molar refractivity (Wildman–Crippen MR) is 91.8 cm³/mol. The first kappa shape index (κ1) is 14.6. The summed E-state index contributed by atoms with van der Waals surface area (Å²) in [5.74, 6) is 0.558. The van der Waals surface area contributed by atoms with E-state index in [0.717, 1.165) is 28.9 Å². The molecule has 0 bridgehead atoms. The summed E-state index contributed by atoms with van der Waals surface area (Å²) in [6, 6.07) is 4.61. The fourth-order valence-electron chi connectivity index (χ4n) is 3.42. The van der Waals surface area contributed by atoms with Crippen molar-refractivity contribution in [3.8, 4) is 0 Å². The number of imidazole rings is 1. The SMILES string of the molecule is Cc1cn2nc(NC[C@@H]3CCN(C)[C@H]3c3cccnc3)sc2n1. The lowest BCUT2D eigenvalue weighted by Gasteiger charge is -2.25. The molecule has 1 fully saturated rings. The lowest BCUT2D eigenvalue weighted by atomic mass is 9.95. The summed E-state index contributed by atoms with van der Waals surface area (Å²) in [5.41, 5.74) is 2.30. The molecular formula is C16H20N6S. The average molecular weight is 328 g/mol. The van der Waals surface area contributed by atoms with Gasteiger partial charge in [-0.25, -0.2) is 9.50 Å². The molecular weight excluding hydrogens is 308 g/mol. The number of rotatable bonds is 4. The van der Waals surface area contributed by atoms with E-state index in [1.54, 1.807) is 11.3 Å². The fourth-order valence-corrected chi connectivity index (χ4v) is 4.25. The summed E-state index contributed by atoms with van der Waals surface area (Å²) < 4.78 is 1.85. The average Bonchev–Trinajstić information content (AvgIpc) is 3.18. The van der Waals surface area contributed by atoms with Crippen LogP contribution < -0.4 is 5.32 Å². The van der Waals surface area contributed by atoms with Crippen LogP contribution >= 0.6 is 11.3 Å². The van der Waals surface area contributed by atoms with E-state index in [1.807, 2.05) is 36.1 Å². The number of anilines is 1. The van der Waals surface area contributed by atoms with Gasteiger partial charge in [0.2, 0.25) is 10.1 Å². The van der Waals surface area contributed by atoms with Crippen LogP contribution in [0.1, 0.15) is 23.7 Å². The van der Waals surface area contributed by atoms with Crippen LogP contribution in [0.2, 0.25) is 0 Å². The maximum Gasteiger partial charge on any atom is 0.214 e. The van der Waals surface area contributed by atoms with E-state index in [1.165, 1.54) is 12.0 Å². The minimum Gasteiger partial charge on any atom is -0.360 e. The number of aryl methyl sites for hydroxylation is 1. The van der Waals surface area contributed by atoms with Gasteiger partial charge in [-0.05, 0) is 44.5 Å². The molecule has 0 amide bonds. The van der Waals surface area contributed by atoms with Gasteiger partial charge in [0.15, 0.2) is 0 Å². The molecule has 6 nitrogen and oxygen atoms in total. The molecule has 0 aromatic carbocycles. The highest BCUT2D eigenvalue weighted by atomic mass is 32.1. The van der Waals surface area contributed by atoms with Crippen LogP contribution in [0.25, 0.3) is 4.96 Å². The van der Waals surface area contributed by atoms with Gasteiger partial charge in [-0.3, -0.25) is 9.88 Å². The van der Waals surface area contributed by atoms with Gasteiger partial charge in [0, 0.05) is 25.0 Å². The second kappa shape index (κ2) is 5.90. The largest absolute Gasteiger partial charge is 0.360 e. The lowest BCUT2D eigenvalue weighted by molar-refractivity contribution is 0.281. The third kappa shape index (κ3) is 2.82. The molecule has 0 radical (unpaired) electrons. The summed E-state index contributed by atoms with van der Waals surface area (Å²) in [7, 11) is 2.19. The van der Waals surface area contributed by atoms with Crippen molar-refractivity contribution in [1.82, 2.24) is 24.5 Å². The Bertz CT molecular complexity index is 764. The van der Waals surface area contributed by atoms with Crippen molar-refractivity contribution >= 4 is 21.4 Å². The van der Waals surface area contributed by atoms with Crippen LogP contribution in [-0.4, -0.2) is 44.6 Å². The minimum absolute atomic E-state index is 0.419. The van der Waals surface area contributed by atoms with Gasteiger partial charge in [0.05, 0.1) is 11.9 Å². The van der Waals surface area contributed by atoms with E-state index in [2.05, 4.69) is 38.4 Å². The molecule has 0 spiro atoms. The summed E-state index contributed by atoms with van der Waals surface area (Å²) in [5, 5.41) is 8.99. The Morgan fingerprint density at radius 2 is 2.35 bits per heavy atom. The van der Waals surface area contributed by atoms with Gasteiger partial charge in [-0.2, -0.15) is 0 Å². The van der Waals surface area contributed by atoms with Gasteiger partial charge in [-0.1, -0.05) is 17.4 Å². The highest BCUT2D eigenvalue weighted by Gasteiger charge is 2.33. The van der Waals surface area contributed by atoms with Crippen LogP contribution in [0.4, 0.5) is 5.13 Å². The molecule has 0 saturated carbocycles. The summed E-state index contributed by atoms with van der Waals surface area (Å²) in [4.78, 5) is 12.1. The van der Waals surface area contributed by atoms with Crippen molar-refractivity contribution in [2.45, 2.75) is 19.4 Å². The Kier molecular flexibility index (Phi) is 3.74. The first-order chi connectivity index (χ1) is 11.2. The third-order valence-electron chi connectivity index (χ3n) is 4.48. The predicted octanol–water partition coefficient (Wildman–Crippen LogP) is 2.60. The van der Waals surface area contributed by atoms with Gasteiger partial charge in [-0.15, -0.1) is 5.10 Å². The molecule has 0 unspecified atom stereocenters. The van der Waals surface area contributed by atoms with Crippen LogP contribution in [0.15, 0.2) is 30.7 Å². The number of likely N-dealkylation sites (tertiary alicyclic amines) is 1. The maximum absolute atomic E-state index is 4.55. The molecule has 2 atom stereocenters.